The maximum absolute atomic E-state index is 11.3. The van der Waals surface area contributed by atoms with Gasteiger partial charge in [0.15, 0.2) is 5.78 Å². The zero-order valence-corrected chi connectivity index (χ0v) is 10.8. The first kappa shape index (κ1) is 13.5. The molecule has 102 valence electrons. The number of rotatable bonds is 6. The van der Waals surface area contributed by atoms with Crippen molar-refractivity contribution in [3.05, 3.63) is 30.1 Å². The number of aryl methyl sites for hydroxylation is 1. The second kappa shape index (κ2) is 6.87. The Morgan fingerprint density at radius 2 is 2.32 bits per heavy atom. The van der Waals surface area contributed by atoms with Gasteiger partial charge in [0.25, 0.3) is 0 Å². The molecule has 0 saturated heterocycles. The topological polar surface area (TPSA) is 68.3 Å². The summed E-state index contributed by atoms with van der Waals surface area (Å²) in [7, 11) is 0. The number of hydrogen-bond donors (Lipinski definition) is 1. The van der Waals surface area contributed by atoms with Crippen LogP contribution in [0.25, 0.3) is 0 Å². The molecule has 0 radical (unpaired) electrons. The van der Waals surface area contributed by atoms with E-state index >= 15 is 0 Å². The summed E-state index contributed by atoms with van der Waals surface area (Å²) in [5, 5.41) is 2.55. The van der Waals surface area contributed by atoms with E-state index in [4.69, 9.17) is 4.74 Å². The van der Waals surface area contributed by atoms with Crippen LogP contribution in [0.3, 0.4) is 0 Å². The van der Waals surface area contributed by atoms with E-state index in [9.17, 15) is 9.59 Å². The fraction of sp³-hybridized carbons (Fsp3) is 0.500. The van der Waals surface area contributed by atoms with Crippen LogP contribution in [0, 0.1) is 0 Å². The van der Waals surface area contributed by atoms with Gasteiger partial charge in [-0.2, -0.15) is 0 Å². The zero-order valence-electron chi connectivity index (χ0n) is 10.8. The predicted molar refractivity (Wildman–Crippen MR) is 69.7 cm³/mol. The first-order chi connectivity index (χ1) is 9.25. The summed E-state index contributed by atoms with van der Waals surface area (Å²) in [6.07, 6.45) is 5.18. The van der Waals surface area contributed by atoms with Gasteiger partial charge in [0, 0.05) is 18.3 Å². The number of carbonyl (C=O) groups excluding carboxylic acids is 2. The van der Waals surface area contributed by atoms with Gasteiger partial charge in [-0.25, -0.2) is 4.79 Å². The second-order valence-corrected chi connectivity index (χ2v) is 4.62. The van der Waals surface area contributed by atoms with E-state index in [1.807, 2.05) is 18.2 Å². The predicted octanol–water partition coefficient (Wildman–Crippen LogP) is 1.86. The van der Waals surface area contributed by atoms with Crippen molar-refractivity contribution in [2.24, 2.45) is 0 Å². The molecule has 1 N–H and O–H groups in total. The molecule has 0 aliphatic heterocycles. The molecule has 1 amide bonds. The summed E-state index contributed by atoms with van der Waals surface area (Å²) in [4.78, 5) is 26.6. The normalized spacial score (nSPS) is 17.7. The van der Waals surface area contributed by atoms with Gasteiger partial charge in [0.2, 0.25) is 0 Å². The number of aromatic nitrogens is 1. The van der Waals surface area contributed by atoms with Crippen molar-refractivity contribution < 1.29 is 14.3 Å². The van der Waals surface area contributed by atoms with E-state index < -0.39 is 6.09 Å². The molecular formula is C14H18N2O3. The van der Waals surface area contributed by atoms with Crippen molar-refractivity contribution in [2.45, 2.75) is 38.1 Å². The molecular weight excluding hydrogens is 244 g/mol. The molecule has 1 aromatic rings. The van der Waals surface area contributed by atoms with Crippen LogP contribution < -0.4 is 5.32 Å². The maximum atomic E-state index is 11.3. The summed E-state index contributed by atoms with van der Waals surface area (Å²) < 4.78 is 5.01. The molecule has 0 aromatic carbocycles. The van der Waals surface area contributed by atoms with Gasteiger partial charge in [-0.3, -0.25) is 9.78 Å². The van der Waals surface area contributed by atoms with E-state index in [2.05, 4.69) is 10.3 Å². The number of unbranched alkanes of at least 4 members (excludes halogenated alkanes) is 1. The van der Waals surface area contributed by atoms with E-state index in [0.717, 1.165) is 31.4 Å². The lowest BCUT2D eigenvalue weighted by atomic mass is 9.91. The van der Waals surface area contributed by atoms with Crippen molar-refractivity contribution in [1.82, 2.24) is 10.3 Å². The lowest BCUT2D eigenvalue weighted by Crippen LogP contribution is -2.47. The SMILES string of the molecule is O=C(N[C@H]1CCC1=O)OCCCCc1ccccn1. The highest BCUT2D eigenvalue weighted by atomic mass is 16.5. The lowest BCUT2D eigenvalue weighted by molar-refractivity contribution is -0.126. The minimum atomic E-state index is -0.490. The number of Topliss-reactive ketones (excluding diaryl/α,β-unsaturated/α-hetero) is 1. The Morgan fingerprint density at radius 3 is 2.95 bits per heavy atom. The molecule has 19 heavy (non-hydrogen) atoms. The molecule has 1 aliphatic rings. The smallest absolute Gasteiger partial charge is 0.407 e. The fourth-order valence-electron chi connectivity index (χ4n) is 1.86. The minimum absolute atomic E-state index is 0.0899. The maximum Gasteiger partial charge on any atom is 0.407 e. The van der Waals surface area contributed by atoms with Gasteiger partial charge in [0.05, 0.1) is 12.6 Å². The second-order valence-electron chi connectivity index (χ2n) is 4.62. The van der Waals surface area contributed by atoms with Crippen LogP contribution in [-0.4, -0.2) is 29.5 Å². The van der Waals surface area contributed by atoms with Crippen molar-refractivity contribution >= 4 is 11.9 Å². The Kier molecular flexibility index (Phi) is 4.89. The van der Waals surface area contributed by atoms with Crippen LogP contribution in [0.15, 0.2) is 24.4 Å². The summed E-state index contributed by atoms with van der Waals surface area (Å²) in [6.45, 7) is 0.375. The number of pyridine rings is 1. The quantitative estimate of drug-likeness (QED) is 0.794. The van der Waals surface area contributed by atoms with Crippen LogP contribution in [-0.2, 0) is 16.0 Å². The summed E-state index contributed by atoms with van der Waals surface area (Å²) >= 11 is 0. The van der Waals surface area contributed by atoms with Gasteiger partial charge < -0.3 is 10.1 Å². The molecule has 5 nitrogen and oxygen atoms in total. The van der Waals surface area contributed by atoms with Gasteiger partial charge >= 0.3 is 6.09 Å². The third-order valence-electron chi connectivity index (χ3n) is 3.15. The van der Waals surface area contributed by atoms with Gasteiger partial charge in [-0.15, -0.1) is 0 Å². The Morgan fingerprint density at radius 1 is 1.42 bits per heavy atom. The van der Waals surface area contributed by atoms with Crippen molar-refractivity contribution in [2.75, 3.05) is 6.61 Å². The largest absolute Gasteiger partial charge is 0.450 e. The van der Waals surface area contributed by atoms with E-state index in [1.54, 1.807) is 6.20 Å². The van der Waals surface area contributed by atoms with E-state index in [-0.39, 0.29) is 11.8 Å². The zero-order chi connectivity index (χ0) is 13.5. The van der Waals surface area contributed by atoms with E-state index in [1.165, 1.54) is 0 Å². The molecule has 2 rings (SSSR count). The number of amides is 1. The summed E-state index contributed by atoms with van der Waals surface area (Å²) in [6, 6.07) is 5.51. The number of nitrogens with one attached hydrogen (secondary N) is 1. The van der Waals surface area contributed by atoms with Crippen LogP contribution in [0.4, 0.5) is 4.79 Å². The number of ketones is 1. The third-order valence-corrected chi connectivity index (χ3v) is 3.15. The van der Waals surface area contributed by atoms with E-state index in [0.29, 0.717) is 13.0 Å². The van der Waals surface area contributed by atoms with Crippen LogP contribution in [0.1, 0.15) is 31.4 Å². The van der Waals surface area contributed by atoms with Crippen molar-refractivity contribution in [3.8, 4) is 0 Å². The average Bonchev–Trinajstić information content (AvgIpc) is 2.44. The summed E-state index contributed by atoms with van der Waals surface area (Å²) in [5.74, 6) is 0.0899. The highest BCUT2D eigenvalue weighted by molar-refractivity contribution is 5.92. The van der Waals surface area contributed by atoms with Crippen molar-refractivity contribution in [1.29, 1.82) is 0 Å². The number of hydrogen-bond acceptors (Lipinski definition) is 4. The van der Waals surface area contributed by atoms with Gasteiger partial charge in [-0.05, 0) is 37.8 Å². The Balaban J connectivity index is 1.52. The Labute approximate surface area is 112 Å². The standard InChI is InChI=1S/C14H18N2O3/c17-13-8-7-12(13)16-14(18)19-10-4-2-6-11-5-1-3-9-15-11/h1,3,5,9,12H,2,4,6-8,10H2,(H,16,18)/t12-/m0/s1. The highest BCUT2D eigenvalue weighted by Crippen LogP contribution is 2.13. The van der Waals surface area contributed by atoms with Gasteiger partial charge in [-0.1, -0.05) is 6.07 Å². The molecule has 5 heteroatoms. The highest BCUT2D eigenvalue weighted by Gasteiger charge is 2.29. The molecule has 0 spiro atoms. The monoisotopic (exact) mass is 262 g/mol. The molecule has 1 aromatic heterocycles. The first-order valence-corrected chi connectivity index (χ1v) is 6.61. The molecule has 0 unspecified atom stereocenters. The third kappa shape index (κ3) is 4.35. The Bertz CT molecular complexity index is 434. The van der Waals surface area contributed by atoms with Crippen LogP contribution in [0.5, 0.6) is 0 Å². The molecule has 1 fully saturated rings. The fourth-order valence-corrected chi connectivity index (χ4v) is 1.86. The number of alkyl carbamates (subject to hydrolysis) is 1. The molecule has 1 heterocycles. The average molecular weight is 262 g/mol. The minimum Gasteiger partial charge on any atom is -0.450 e. The van der Waals surface area contributed by atoms with Crippen molar-refractivity contribution in [3.63, 3.8) is 0 Å². The number of carbonyl (C=O) groups is 2. The number of nitrogens with zero attached hydrogens (tertiary/aromatic N) is 1. The first-order valence-electron chi connectivity index (χ1n) is 6.61. The molecule has 1 atom stereocenters. The molecule has 1 aliphatic carbocycles. The molecule has 1 saturated carbocycles. The van der Waals surface area contributed by atoms with Crippen LogP contribution in [0.2, 0.25) is 0 Å². The lowest BCUT2D eigenvalue weighted by Gasteiger charge is -2.24. The number of ether oxygens (including phenoxy) is 1. The Hall–Kier alpha value is -1.91. The summed E-state index contributed by atoms with van der Waals surface area (Å²) in [5.41, 5.74) is 1.05. The van der Waals surface area contributed by atoms with Crippen LogP contribution >= 0.6 is 0 Å². The molecule has 0 bridgehead atoms. The van der Waals surface area contributed by atoms with Gasteiger partial charge in [0.1, 0.15) is 0 Å².